The molecule has 0 aliphatic carbocycles. The van der Waals surface area contributed by atoms with Gasteiger partial charge in [-0.25, -0.2) is 0 Å². The maximum absolute atomic E-state index is 12.2. The zero-order valence-electron chi connectivity index (χ0n) is 11.5. The second-order valence-electron chi connectivity index (χ2n) is 4.71. The summed E-state index contributed by atoms with van der Waals surface area (Å²) in [5.41, 5.74) is 3.17. The lowest BCUT2D eigenvalue weighted by Gasteiger charge is -2.03. The number of anilines is 1. The molecule has 0 aliphatic heterocycles. The van der Waals surface area contributed by atoms with Crippen LogP contribution >= 0.6 is 0 Å². The van der Waals surface area contributed by atoms with Crippen LogP contribution in [0.4, 0.5) is 5.88 Å². The van der Waals surface area contributed by atoms with E-state index >= 15 is 0 Å². The zero-order valence-corrected chi connectivity index (χ0v) is 11.5. The normalized spacial score (nSPS) is 10.3. The van der Waals surface area contributed by atoms with Crippen molar-refractivity contribution in [3.05, 3.63) is 71.8 Å². The summed E-state index contributed by atoms with van der Waals surface area (Å²) in [5.74, 6) is 0.131. The van der Waals surface area contributed by atoms with Crippen molar-refractivity contribution in [2.75, 3.05) is 5.32 Å². The maximum atomic E-state index is 12.2. The van der Waals surface area contributed by atoms with E-state index in [1.54, 1.807) is 12.1 Å². The molecule has 0 unspecified atom stereocenters. The highest BCUT2D eigenvalue weighted by molar-refractivity contribution is 6.04. The zero-order chi connectivity index (χ0) is 14.7. The van der Waals surface area contributed by atoms with Gasteiger partial charge in [0.1, 0.15) is 5.69 Å². The molecule has 0 radical (unpaired) electrons. The van der Waals surface area contributed by atoms with Gasteiger partial charge in [-0.3, -0.25) is 10.1 Å². The van der Waals surface area contributed by atoms with Gasteiger partial charge in [-0.05, 0) is 18.6 Å². The van der Waals surface area contributed by atoms with Crippen molar-refractivity contribution in [2.24, 2.45) is 0 Å². The summed E-state index contributed by atoms with van der Waals surface area (Å²) in [6.07, 6.45) is 0. The Labute approximate surface area is 122 Å². The van der Waals surface area contributed by atoms with Crippen molar-refractivity contribution in [1.29, 1.82) is 0 Å². The third-order valence-corrected chi connectivity index (χ3v) is 3.21. The molecule has 3 rings (SSSR count). The predicted octanol–water partition coefficient (Wildman–Crippen LogP) is 3.90. The Balaban J connectivity index is 1.79. The molecule has 0 saturated heterocycles. The smallest absolute Gasteiger partial charge is 0.258 e. The minimum absolute atomic E-state index is 0.205. The third-order valence-electron chi connectivity index (χ3n) is 3.21. The van der Waals surface area contributed by atoms with Crippen LogP contribution in [-0.4, -0.2) is 11.1 Å². The van der Waals surface area contributed by atoms with Gasteiger partial charge in [0.2, 0.25) is 5.88 Å². The average Bonchev–Trinajstić information content (AvgIpc) is 2.97. The van der Waals surface area contributed by atoms with E-state index < -0.39 is 0 Å². The van der Waals surface area contributed by atoms with Crippen LogP contribution in [0.2, 0.25) is 0 Å². The highest BCUT2D eigenvalue weighted by Crippen LogP contribution is 2.21. The Bertz CT molecular complexity index is 763. The van der Waals surface area contributed by atoms with Gasteiger partial charge in [-0.2, -0.15) is 0 Å². The van der Waals surface area contributed by atoms with E-state index in [1.165, 1.54) is 0 Å². The van der Waals surface area contributed by atoms with E-state index in [4.69, 9.17) is 4.52 Å². The summed E-state index contributed by atoms with van der Waals surface area (Å²) >= 11 is 0. The summed E-state index contributed by atoms with van der Waals surface area (Å²) < 4.78 is 5.17. The lowest BCUT2D eigenvalue weighted by molar-refractivity contribution is 0.102. The number of aromatic nitrogens is 1. The van der Waals surface area contributed by atoms with Crippen LogP contribution in [-0.2, 0) is 0 Å². The Kier molecular flexibility index (Phi) is 3.51. The number of nitrogens with zero attached hydrogens (tertiary/aromatic N) is 1. The Morgan fingerprint density at radius 2 is 1.76 bits per heavy atom. The minimum atomic E-state index is -0.205. The minimum Gasteiger partial charge on any atom is -0.338 e. The van der Waals surface area contributed by atoms with Crippen LogP contribution in [0.1, 0.15) is 15.9 Å². The standard InChI is InChI=1S/C17H14N2O2/c1-12-7-5-6-10-14(12)17(20)18-16-11-15(19-21-16)13-8-3-2-4-9-13/h2-11H,1H3,(H,18,20). The van der Waals surface area contributed by atoms with Crippen LogP contribution in [0.5, 0.6) is 0 Å². The molecule has 0 bridgehead atoms. The van der Waals surface area contributed by atoms with Crippen molar-refractivity contribution in [1.82, 2.24) is 5.16 Å². The van der Waals surface area contributed by atoms with Crippen molar-refractivity contribution >= 4 is 11.8 Å². The first-order valence-corrected chi connectivity index (χ1v) is 6.63. The number of aryl methyl sites for hydroxylation is 1. The van der Waals surface area contributed by atoms with Gasteiger partial charge in [0.05, 0.1) is 0 Å². The number of carbonyl (C=O) groups excluding carboxylic acids is 1. The number of amides is 1. The molecule has 4 heteroatoms. The molecular formula is C17H14N2O2. The van der Waals surface area contributed by atoms with E-state index in [9.17, 15) is 4.79 Å². The molecule has 1 aromatic heterocycles. The molecule has 1 heterocycles. The summed E-state index contributed by atoms with van der Waals surface area (Å²) in [5, 5.41) is 6.69. The maximum Gasteiger partial charge on any atom is 0.258 e. The van der Waals surface area contributed by atoms with Gasteiger partial charge < -0.3 is 4.52 Å². The molecule has 3 aromatic rings. The van der Waals surface area contributed by atoms with Crippen LogP contribution in [0.3, 0.4) is 0 Å². The van der Waals surface area contributed by atoms with Crippen molar-refractivity contribution in [2.45, 2.75) is 6.92 Å². The van der Waals surface area contributed by atoms with Gasteiger partial charge in [0.15, 0.2) is 0 Å². The summed E-state index contributed by atoms with van der Waals surface area (Å²) in [6, 6.07) is 18.8. The molecule has 0 fully saturated rings. The molecule has 1 N–H and O–H groups in total. The number of nitrogens with one attached hydrogen (secondary N) is 1. The Morgan fingerprint density at radius 3 is 2.52 bits per heavy atom. The average molecular weight is 278 g/mol. The lowest BCUT2D eigenvalue weighted by Crippen LogP contribution is -2.12. The largest absolute Gasteiger partial charge is 0.338 e. The lowest BCUT2D eigenvalue weighted by atomic mass is 10.1. The first-order valence-electron chi connectivity index (χ1n) is 6.63. The summed E-state index contributed by atoms with van der Waals surface area (Å²) in [7, 11) is 0. The highest BCUT2D eigenvalue weighted by atomic mass is 16.5. The molecule has 0 saturated carbocycles. The van der Waals surface area contributed by atoms with Crippen LogP contribution in [0, 0.1) is 6.92 Å². The molecular weight excluding hydrogens is 264 g/mol. The Morgan fingerprint density at radius 1 is 1.05 bits per heavy atom. The van der Waals surface area contributed by atoms with E-state index in [2.05, 4.69) is 10.5 Å². The number of benzene rings is 2. The fourth-order valence-corrected chi connectivity index (χ4v) is 2.09. The van der Waals surface area contributed by atoms with Crippen molar-refractivity contribution in [3.8, 4) is 11.3 Å². The van der Waals surface area contributed by atoms with Gasteiger partial charge in [0.25, 0.3) is 5.91 Å². The topological polar surface area (TPSA) is 55.1 Å². The quantitative estimate of drug-likeness (QED) is 0.790. The molecule has 2 aromatic carbocycles. The molecule has 104 valence electrons. The SMILES string of the molecule is Cc1ccccc1C(=O)Nc1cc(-c2ccccc2)no1. The number of carbonyl (C=O) groups is 1. The van der Waals surface area contributed by atoms with E-state index in [0.29, 0.717) is 17.1 Å². The number of rotatable bonds is 3. The van der Waals surface area contributed by atoms with Crippen LogP contribution in [0.25, 0.3) is 11.3 Å². The second kappa shape index (κ2) is 5.63. The number of hydrogen-bond acceptors (Lipinski definition) is 3. The Hall–Kier alpha value is -2.88. The molecule has 4 nitrogen and oxygen atoms in total. The van der Waals surface area contributed by atoms with Crippen molar-refractivity contribution < 1.29 is 9.32 Å². The van der Waals surface area contributed by atoms with Crippen LogP contribution < -0.4 is 5.32 Å². The number of hydrogen-bond donors (Lipinski definition) is 1. The van der Waals surface area contributed by atoms with Crippen LogP contribution in [0.15, 0.2) is 65.2 Å². The van der Waals surface area contributed by atoms with Gasteiger partial charge in [0, 0.05) is 17.2 Å². The van der Waals surface area contributed by atoms with E-state index in [1.807, 2.05) is 55.5 Å². The van der Waals surface area contributed by atoms with Gasteiger partial charge >= 0.3 is 0 Å². The first kappa shape index (κ1) is 13.1. The van der Waals surface area contributed by atoms with Gasteiger partial charge in [-0.15, -0.1) is 0 Å². The summed E-state index contributed by atoms with van der Waals surface area (Å²) in [6.45, 7) is 1.89. The first-order chi connectivity index (χ1) is 10.2. The molecule has 0 aliphatic rings. The second-order valence-corrected chi connectivity index (χ2v) is 4.71. The highest BCUT2D eigenvalue weighted by Gasteiger charge is 2.12. The molecule has 1 amide bonds. The predicted molar refractivity (Wildman–Crippen MR) is 81.1 cm³/mol. The fourth-order valence-electron chi connectivity index (χ4n) is 2.09. The molecule has 21 heavy (non-hydrogen) atoms. The molecule has 0 spiro atoms. The van der Waals surface area contributed by atoms with Gasteiger partial charge in [-0.1, -0.05) is 53.7 Å². The summed E-state index contributed by atoms with van der Waals surface area (Å²) in [4.78, 5) is 12.2. The monoisotopic (exact) mass is 278 g/mol. The van der Waals surface area contributed by atoms with E-state index in [-0.39, 0.29) is 5.91 Å². The van der Waals surface area contributed by atoms with E-state index in [0.717, 1.165) is 11.1 Å². The van der Waals surface area contributed by atoms with Crippen molar-refractivity contribution in [3.63, 3.8) is 0 Å². The fraction of sp³-hybridized carbons (Fsp3) is 0.0588. The molecule has 0 atom stereocenters. The third kappa shape index (κ3) is 2.84.